The van der Waals surface area contributed by atoms with E-state index >= 15 is 0 Å². The number of hydrogen-bond acceptors (Lipinski definition) is 5. The lowest BCUT2D eigenvalue weighted by molar-refractivity contribution is -0.155. The van der Waals surface area contributed by atoms with Crippen molar-refractivity contribution in [1.29, 1.82) is 0 Å². The van der Waals surface area contributed by atoms with E-state index in [1.54, 1.807) is 24.3 Å². The maximum absolute atomic E-state index is 11.3. The van der Waals surface area contributed by atoms with E-state index in [1.807, 2.05) is 0 Å². The van der Waals surface area contributed by atoms with Gasteiger partial charge >= 0.3 is 5.97 Å². The molecule has 0 aliphatic carbocycles. The third-order valence-corrected chi connectivity index (χ3v) is 1.97. The number of carbonyl (C=O) groups is 1. The second-order valence-corrected chi connectivity index (χ2v) is 2.78. The first-order valence-electron chi connectivity index (χ1n) is 4.30. The highest BCUT2D eigenvalue weighted by molar-refractivity contribution is 5.77. The SMILES string of the molecule is COC(=O)C(ON)c1ccccc1OC. The lowest BCUT2D eigenvalue weighted by atomic mass is 10.1. The molecule has 2 N–H and O–H groups in total. The first-order valence-corrected chi connectivity index (χ1v) is 4.30. The van der Waals surface area contributed by atoms with Gasteiger partial charge in [-0.1, -0.05) is 18.2 Å². The Labute approximate surface area is 87.7 Å². The van der Waals surface area contributed by atoms with Gasteiger partial charge in [0.25, 0.3) is 0 Å². The predicted octanol–water partition coefficient (Wildman–Crippen LogP) is 0.800. The summed E-state index contributed by atoms with van der Waals surface area (Å²) in [5.74, 6) is 5.01. The van der Waals surface area contributed by atoms with Crippen molar-refractivity contribution in [3.05, 3.63) is 29.8 Å². The fraction of sp³-hybridized carbons (Fsp3) is 0.300. The van der Waals surface area contributed by atoms with Crippen molar-refractivity contribution in [2.45, 2.75) is 6.10 Å². The summed E-state index contributed by atoms with van der Waals surface area (Å²) >= 11 is 0. The molecule has 0 aliphatic heterocycles. The number of ether oxygens (including phenoxy) is 2. The zero-order chi connectivity index (χ0) is 11.3. The van der Waals surface area contributed by atoms with Crippen molar-refractivity contribution in [2.24, 2.45) is 5.90 Å². The summed E-state index contributed by atoms with van der Waals surface area (Å²) in [5, 5.41) is 0. The van der Waals surface area contributed by atoms with Gasteiger partial charge in [0.15, 0.2) is 0 Å². The molecule has 0 bridgehead atoms. The maximum Gasteiger partial charge on any atom is 0.341 e. The van der Waals surface area contributed by atoms with E-state index in [-0.39, 0.29) is 0 Å². The lowest BCUT2D eigenvalue weighted by Gasteiger charge is -2.15. The van der Waals surface area contributed by atoms with Crippen LogP contribution >= 0.6 is 0 Å². The number of benzene rings is 1. The zero-order valence-electron chi connectivity index (χ0n) is 8.60. The molecule has 15 heavy (non-hydrogen) atoms. The number of nitrogens with two attached hydrogens (primary N) is 1. The van der Waals surface area contributed by atoms with E-state index in [4.69, 9.17) is 10.6 Å². The Bertz CT molecular complexity index is 340. The molecule has 1 aromatic carbocycles. The molecule has 1 rings (SSSR count). The van der Waals surface area contributed by atoms with Crippen LogP contribution in [0.25, 0.3) is 0 Å². The molecule has 0 spiro atoms. The topological polar surface area (TPSA) is 70.8 Å². The smallest absolute Gasteiger partial charge is 0.341 e. The van der Waals surface area contributed by atoms with Crippen molar-refractivity contribution in [2.75, 3.05) is 14.2 Å². The zero-order valence-corrected chi connectivity index (χ0v) is 8.60. The van der Waals surface area contributed by atoms with Crippen LogP contribution in [0.4, 0.5) is 0 Å². The van der Waals surface area contributed by atoms with Gasteiger partial charge in [0.2, 0.25) is 6.10 Å². The number of hydrogen-bond donors (Lipinski definition) is 1. The highest BCUT2D eigenvalue weighted by Crippen LogP contribution is 2.27. The van der Waals surface area contributed by atoms with E-state index in [9.17, 15) is 4.79 Å². The molecule has 1 unspecified atom stereocenters. The summed E-state index contributed by atoms with van der Waals surface area (Å²) < 4.78 is 9.64. The first kappa shape index (κ1) is 11.5. The summed E-state index contributed by atoms with van der Waals surface area (Å²) in [6.45, 7) is 0. The van der Waals surface area contributed by atoms with Crippen LogP contribution in [0.3, 0.4) is 0 Å². The molecule has 82 valence electrons. The quantitative estimate of drug-likeness (QED) is 0.589. The highest BCUT2D eigenvalue weighted by atomic mass is 16.6. The molecule has 1 atom stereocenters. The molecule has 0 saturated carbocycles. The second kappa shape index (κ2) is 5.33. The number of esters is 1. The minimum absolute atomic E-state index is 0.526. The summed E-state index contributed by atoms with van der Waals surface area (Å²) in [6, 6.07) is 6.94. The Kier molecular flexibility index (Phi) is 4.08. The van der Waals surface area contributed by atoms with Gasteiger partial charge in [-0.2, -0.15) is 0 Å². The minimum Gasteiger partial charge on any atom is -0.496 e. The van der Waals surface area contributed by atoms with Gasteiger partial charge in [0.05, 0.1) is 14.2 Å². The van der Waals surface area contributed by atoms with Crippen LogP contribution < -0.4 is 10.6 Å². The molecule has 5 nitrogen and oxygen atoms in total. The van der Waals surface area contributed by atoms with E-state index in [0.717, 1.165) is 0 Å². The number of para-hydroxylation sites is 1. The van der Waals surface area contributed by atoms with E-state index in [1.165, 1.54) is 14.2 Å². The normalized spacial score (nSPS) is 11.9. The Morgan fingerprint density at radius 1 is 1.33 bits per heavy atom. The third-order valence-electron chi connectivity index (χ3n) is 1.97. The summed E-state index contributed by atoms with van der Waals surface area (Å²) in [7, 11) is 2.77. The summed E-state index contributed by atoms with van der Waals surface area (Å²) in [4.78, 5) is 15.9. The van der Waals surface area contributed by atoms with Crippen LogP contribution in [0.15, 0.2) is 24.3 Å². The number of rotatable bonds is 4. The molecule has 5 heteroatoms. The van der Waals surface area contributed by atoms with E-state index < -0.39 is 12.1 Å². The second-order valence-electron chi connectivity index (χ2n) is 2.78. The molecule has 0 radical (unpaired) electrons. The number of methoxy groups -OCH3 is 2. The third kappa shape index (κ3) is 2.45. The fourth-order valence-corrected chi connectivity index (χ4v) is 1.25. The molecule has 1 aromatic rings. The van der Waals surface area contributed by atoms with Crippen LogP contribution in [0, 0.1) is 0 Å². The Balaban J connectivity index is 3.05. The Hall–Kier alpha value is -1.59. The molecule has 0 amide bonds. The fourth-order valence-electron chi connectivity index (χ4n) is 1.25. The molecule has 0 aliphatic rings. The van der Waals surface area contributed by atoms with Gasteiger partial charge in [-0.25, -0.2) is 10.7 Å². The van der Waals surface area contributed by atoms with Crippen molar-refractivity contribution < 1.29 is 19.1 Å². The average molecular weight is 211 g/mol. The van der Waals surface area contributed by atoms with Crippen molar-refractivity contribution in [3.8, 4) is 5.75 Å². The number of carbonyl (C=O) groups excluding carboxylic acids is 1. The molecular formula is C10H13NO4. The van der Waals surface area contributed by atoms with Gasteiger partial charge in [-0.15, -0.1) is 0 Å². The van der Waals surface area contributed by atoms with Crippen LogP contribution in [-0.4, -0.2) is 20.2 Å². The van der Waals surface area contributed by atoms with E-state index in [0.29, 0.717) is 11.3 Å². The Morgan fingerprint density at radius 3 is 2.53 bits per heavy atom. The maximum atomic E-state index is 11.3. The predicted molar refractivity (Wildman–Crippen MR) is 53.0 cm³/mol. The lowest BCUT2D eigenvalue weighted by Crippen LogP contribution is -2.21. The van der Waals surface area contributed by atoms with Crippen molar-refractivity contribution >= 4 is 5.97 Å². The van der Waals surface area contributed by atoms with Crippen LogP contribution in [0.5, 0.6) is 5.75 Å². The molecule has 0 aromatic heterocycles. The molecule has 0 heterocycles. The van der Waals surface area contributed by atoms with Gasteiger partial charge in [-0.05, 0) is 6.07 Å². The monoisotopic (exact) mass is 211 g/mol. The molecule has 0 saturated heterocycles. The molecule has 0 fully saturated rings. The minimum atomic E-state index is -0.967. The van der Waals surface area contributed by atoms with Gasteiger partial charge < -0.3 is 9.47 Å². The van der Waals surface area contributed by atoms with Gasteiger partial charge in [0, 0.05) is 5.56 Å². The largest absolute Gasteiger partial charge is 0.496 e. The summed E-state index contributed by atoms with van der Waals surface area (Å²) in [6.07, 6.45) is -0.967. The van der Waals surface area contributed by atoms with Crippen molar-refractivity contribution in [1.82, 2.24) is 0 Å². The van der Waals surface area contributed by atoms with Crippen LogP contribution in [0.1, 0.15) is 11.7 Å². The molecular weight excluding hydrogens is 198 g/mol. The Morgan fingerprint density at radius 2 is 2.00 bits per heavy atom. The van der Waals surface area contributed by atoms with E-state index in [2.05, 4.69) is 9.57 Å². The standard InChI is InChI=1S/C10H13NO4/c1-13-8-6-4-3-5-7(8)9(15-11)10(12)14-2/h3-6,9H,11H2,1-2H3. The van der Waals surface area contributed by atoms with Gasteiger partial charge in [-0.3, -0.25) is 4.84 Å². The van der Waals surface area contributed by atoms with Gasteiger partial charge in [0.1, 0.15) is 5.75 Å². The van der Waals surface area contributed by atoms with Crippen LogP contribution in [0.2, 0.25) is 0 Å². The summed E-state index contributed by atoms with van der Waals surface area (Å²) in [5.41, 5.74) is 0.536. The van der Waals surface area contributed by atoms with Crippen LogP contribution in [-0.2, 0) is 14.4 Å². The first-order chi connectivity index (χ1) is 7.24. The van der Waals surface area contributed by atoms with Crippen molar-refractivity contribution in [3.63, 3.8) is 0 Å². The highest BCUT2D eigenvalue weighted by Gasteiger charge is 2.24. The average Bonchev–Trinajstić information content (AvgIpc) is 2.30.